The number of carbonyl (C=O) groups is 2. The molecule has 2 rings (SSSR count). The Morgan fingerprint density at radius 3 is 2.52 bits per heavy atom. The molecule has 0 aromatic heterocycles. The molecule has 5 nitrogen and oxygen atoms in total. The van der Waals surface area contributed by atoms with Gasteiger partial charge in [-0.25, -0.2) is 0 Å². The van der Waals surface area contributed by atoms with E-state index in [1.54, 1.807) is 23.1 Å². The van der Waals surface area contributed by atoms with Crippen LogP contribution in [0.1, 0.15) is 38.1 Å². The highest BCUT2D eigenvalue weighted by Crippen LogP contribution is 2.37. The highest BCUT2D eigenvalue weighted by atomic mass is 16.5. The normalized spacial score (nSPS) is 18.0. The maximum atomic E-state index is 12.6. The molecular formula is C16H22N2O3. The zero-order valence-electron chi connectivity index (χ0n) is 12.9. The second-order valence-corrected chi connectivity index (χ2v) is 5.89. The molecule has 1 aliphatic heterocycles. The van der Waals surface area contributed by atoms with Gasteiger partial charge < -0.3 is 15.4 Å². The van der Waals surface area contributed by atoms with Crippen LogP contribution in [0.3, 0.4) is 0 Å². The summed E-state index contributed by atoms with van der Waals surface area (Å²) in [5, 5.41) is 0. The van der Waals surface area contributed by atoms with E-state index in [0.717, 1.165) is 0 Å². The number of Topliss-reactive ketones (excluding diaryl/α,β-unsaturated/α-hetero) is 1. The number of ketones is 1. The third-order valence-electron chi connectivity index (χ3n) is 3.58. The number of nitrogens with zero attached hydrogens (tertiary/aromatic N) is 1. The minimum Gasteiger partial charge on any atom is -0.478 e. The standard InChI is InChI=1S/C16H22N2O3/c1-9(2)15-16(20)18(10(3)4)12-7-11(13(19)8-17)5-6-14(12)21-15/h5-7,9-10,15H,8,17H2,1-4H3. The molecule has 1 aliphatic rings. The van der Waals surface area contributed by atoms with Crippen molar-refractivity contribution in [2.45, 2.75) is 39.8 Å². The van der Waals surface area contributed by atoms with Gasteiger partial charge in [-0.15, -0.1) is 0 Å². The molecular weight excluding hydrogens is 268 g/mol. The van der Waals surface area contributed by atoms with Gasteiger partial charge in [0.1, 0.15) is 5.75 Å². The average molecular weight is 290 g/mol. The van der Waals surface area contributed by atoms with Gasteiger partial charge in [0.05, 0.1) is 12.2 Å². The van der Waals surface area contributed by atoms with Crippen LogP contribution in [0.2, 0.25) is 0 Å². The van der Waals surface area contributed by atoms with E-state index in [1.807, 2.05) is 27.7 Å². The van der Waals surface area contributed by atoms with Crippen molar-refractivity contribution < 1.29 is 14.3 Å². The fourth-order valence-electron chi connectivity index (χ4n) is 2.49. The Balaban J connectivity index is 2.51. The van der Waals surface area contributed by atoms with Gasteiger partial charge in [0.15, 0.2) is 11.9 Å². The van der Waals surface area contributed by atoms with Gasteiger partial charge in [0.25, 0.3) is 5.91 Å². The van der Waals surface area contributed by atoms with E-state index >= 15 is 0 Å². The van der Waals surface area contributed by atoms with Crippen LogP contribution in [-0.2, 0) is 4.79 Å². The van der Waals surface area contributed by atoms with Gasteiger partial charge in [-0.2, -0.15) is 0 Å². The molecule has 1 atom stereocenters. The fraction of sp³-hybridized carbons (Fsp3) is 0.500. The van der Waals surface area contributed by atoms with Crippen LogP contribution < -0.4 is 15.4 Å². The third-order valence-corrected chi connectivity index (χ3v) is 3.58. The Hall–Kier alpha value is -1.88. The second-order valence-electron chi connectivity index (χ2n) is 5.89. The van der Waals surface area contributed by atoms with E-state index in [-0.39, 0.29) is 30.2 Å². The van der Waals surface area contributed by atoms with E-state index in [1.165, 1.54) is 0 Å². The summed E-state index contributed by atoms with van der Waals surface area (Å²) in [4.78, 5) is 26.1. The van der Waals surface area contributed by atoms with Gasteiger partial charge in [0.2, 0.25) is 0 Å². The van der Waals surface area contributed by atoms with Crippen LogP contribution in [0.4, 0.5) is 5.69 Å². The molecule has 1 amide bonds. The van der Waals surface area contributed by atoms with E-state index in [9.17, 15) is 9.59 Å². The molecule has 5 heteroatoms. The predicted molar refractivity (Wildman–Crippen MR) is 81.7 cm³/mol. The Bertz CT molecular complexity index is 567. The van der Waals surface area contributed by atoms with Crippen molar-refractivity contribution in [2.24, 2.45) is 11.7 Å². The Kier molecular flexibility index (Phi) is 4.32. The van der Waals surface area contributed by atoms with Crippen LogP contribution in [0.5, 0.6) is 5.75 Å². The minimum absolute atomic E-state index is 0.00960. The Labute approximate surface area is 125 Å². The minimum atomic E-state index is -0.490. The molecule has 0 radical (unpaired) electrons. The van der Waals surface area contributed by atoms with Crippen LogP contribution >= 0.6 is 0 Å². The van der Waals surface area contributed by atoms with Crippen molar-refractivity contribution in [3.63, 3.8) is 0 Å². The number of hydrogen-bond donors (Lipinski definition) is 1. The monoisotopic (exact) mass is 290 g/mol. The second kappa shape index (κ2) is 5.85. The topological polar surface area (TPSA) is 72.6 Å². The SMILES string of the molecule is CC(C)C1Oc2ccc(C(=O)CN)cc2N(C(C)C)C1=O. The highest BCUT2D eigenvalue weighted by molar-refractivity contribution is 6.04. The van der Waals surface area contributed by atoms with Crippen molar-refractivity contribution in [2.75, 3.05) is 11.4 Å². The lowest BCUT2D eigenvalue weighted by molar-refractivity contribution is -0.128. The molecule has 0 fully saturated rings. The fourth-order valence-corrected chi connectivity index (χ4v) is 2.49. The molecule has 114 valence electrons. The van der Waals surface area contributed by atoms with E-state index < -0.39 is 6.10 Å². The molecule has 0 aliphatic carbocycles. The molecule has 0 saturated carbocycles. The number of amides is 1. The summed E-state index contributed by atoms with van der Waals surface area (Å²) in [5.74, 6) is 0.498. The van der Waals surface area contributed by atoms with Gasteiger partial charge in [-0.3, -0.25) is 9.59 Å². The summed E-state index contributed by atoms with van der Waals surface area (Å²) in [6.07, 6.45) is -0.490. The molecule has 21 heavy (non-hydrogen) atoms. The van der Waals surface area contributed by atoms with Gasteiger partial charge in [-0.1, -0.05) is 13.8 Å². The van der Waals surface area contributed by atoms with Crippen molar-refractivity contribution >= 4 is 17.4 Å². The molecule has 1 heterocycles. The van der Waals surface area contributed by atoms with Crippen molar-refractivity contribution in [1.29, 1.82) is 0 Å². The van der Waals surface area contributed by atoms with Crippen molar-refractivity contribution in [3.05, 3.63) is 23.8 Å². The lowest BCUT2D eigenvalue weighted by Gasteiger charge is -2.38. The largest absolute Gasteiger partial charge is 0.478 e. The lowest BCUT2D eigenvalue weighted by Crippen LogP contribution is -2.51. The maximum absolute atomic E-state index is 12.6. The summed E-state index contributed by atoms with van der Waals surface area (Å²) in [6.45, 7) is 7.75. The maximum Gasteiger partial charge on any atom is 0.268 e. The molecule has 1 aromatic carbocycles. The number of rotatable bonds is 4. The van der Waals surface area contributed by atoms with Gasteiger partial charge in [-0.05, 0) is 38.0 Å². The number of ether oxygens (including phenoxy) is 1. The predicted octanol–water partition coefficient (Wildman–Crippen LogP) is 1.99. The molecule has 1 aromatic rings. The van der Waals surface area contributed by atoms with Gasteiger partial charge >= 0.3 is 0 Å². The summed E-state index contributed by atoms with van der Waals surface area (Å²) in [6, 6.07) is 5.12. The zero-order chi connectivity index (χ0) is 15.7. The number of anilines is 1. The summed E-state index contributed by atoms with van der Waals surface area (Å²) in [7, 11) is 0. The average Bonchev–Trinajstić information content (AvgIpc) is 2.44. The third kappa shape index (κ3) is 2.78. The first-order valence-corrected chi connectivity index (χ1v) is 7.23. The van der Waals surface area contributed by atoms with Crippen LogP contribution in [0.15, 0.2) is 18.2 Å². The zero-order valence-corrected chi connectivity index (χ0v) is 12.9. The first-order chi connectivity index (χ1) is 9.86. The number of hydrogen-bond acceptors (Lipinski definition) is 4. The van der Waals surface area contributed by atoms with Crippen LogP contribution in [0.25, 0.3) is 0 Å². The molecule has 0 bridgehead atoms. The Morgan fingerprint density at radius 2 is 2.00 bits per heavy atom. The Morgan fingerprint density at radius 1 is 1.33 bits per heavy atom. The lowest BCUT2D eigenvalue weighted by atomic mass is 10.0. The molecule has 0 spiro atoms. The highest BCUT2D eigenvalue weighted by Gasteiger charge is 2.37. The molecule has 0 saturated heterocycles. The summed E-state index contributed by atoms with van der Waals surface area (Å²) < 4.78 is 5.82. The number of nitrogens with two attached hydrogens (primary N) is 1. The quantitative estimate of drug-likeness (QED) is 0.861. The van der Waals surface area contributed by atoms with Crippen molar-refractivity contribution in [1.82, 2.24) is 0 Å². The molecule has 2 N–H and O–H groups in total. The van der Waals surface area contributed by atoms with Crippen molar-refractivity contribution in [3.8, 4) is 5.75 Å². The first kappa shape index (κ1) is 15.5. The van der Waals surface area contributed by atoms with E-state index in [2.05, 4.69) is 0 Å². The van der Waals surface area contributed by atoms with E-state index in [4.69, 9.17) is 10.5 Å². The number of fused-ring (bicyclic) bond motifs is 1. The number of benzene rings is 1. The first-order valence-electron chi connectivity index (χ1n) is 7.23. The summed E-state index contributed by atoms with van der Waals surface area (Å²) >= 11 is 0. The van der Waals surface area contributed by atoms with Crippen LogP contribution in [-0.4, -0.2) is 30.4 Å². The number of carbonyl (C=O) groups excluding carboxylic acids is 2. The smallest absolute Gasteiger partial charge is 0.268 e. The van der Waals surface area contributed by atoms with E-state index in [0.29, 0.717) is 17.0 Å². The van der Waals surface area contributed by atoms with Crippen LogP contribution in [0, 0.1) is 5.92 Å². The van der Waals surface area contributed by atoms with Gasteiger partial charge in [0, 0.05) is 11.6 Å². The summed E-state index contributed by atoms with van der Waals surface area (Å²) in [5.41, 5.74) is 6.55. The molecule has 1 unspecified atom stereocenters.